The molecular formula is C24H32N6. The number of nitrogens with two attached hydrogens (primary N) is 1. The number of nitrogens with zero attached hydrogens (tertiary/aromatic N) is 4. The Morgan fingerprint density at radius 1 is 1.10 bits per heavy atom. The van der Waals surface area contributed by atoms with E-state index in [1.54, 1.807) is 0 Å². The molecule has 0 bridgehead atoms. The fourth-order valence-electron chi connectivity index (χ4n) is 4.35. The monoisotopic (exact) mass is 404 g/mol. The van der Waals surface area contributed by atoms with Gasteiger partial charge in [0.2, 0.25) is 0 Å². The van der Waals surface area contributed by atoms with E-state index in [4.69, 9.17) is 16.1 Å². The van der Waals surface area contributed by atoms with Crippen molar-refractivity contribution >= 4 is 22.6 Å². The Balaban J connectivity index is 1.47. The molecule has 1 aliphatic rings. The number of imidazole rings is 1. The Morgan fingerprint density at radius 2 is 1.83 bits per heavy atom. The highest BCUT2D eigenvalue weighted by atomic mass is 15.3. The number of hydrogen-bond acceptors (Lipinski definition) is 4. The van der Waals surface area contributed by atoms with Crippen LogP contribution in [-0.4, -0.2) is 46.5 Å². The zero-order chi connectivity index (χ0) is 21.3. The van der Waals surface area contributed by atoms with Crippen molar-refractivity contribution in [1.82, 2.24) is 14.5 Å². The maximum Gasteiger partial charge on any atom is 0.124 e. The summed E-state index contributed by atoms with van der Waals surface area (Å²) in [4.78, 5) is 9.67. The SMILES string of the molecule is CC(C)Cc1ccc(C(=N)N)c(N2CCN(Cc3nc4ccccc4n3C)CC2)c1. The summed E-state index contributed by atoms with van der Waals surface area (Å²) >= 11 is 0. The van der Waals surface area contributed by atoms with Gasteiger partial charge in [-0.05, 0) is 42.2 Å². The lowest BCUT2D eigenvalue weighted by molar-refractivity contribution is 0.242. The maximum absolute atomic E-state index is 8.00. The van der Waals surface area contributed by atoms with Gasteiger partial charge in [-0.15, -0.1) is 0 Å². The molecule has 2 aromatic carbocycles. The van der Waals surface area contributed by atoms with Gasteiger partial charge in [0.05, 0.1) is 17.6 Å². The molecule has 4 rings (SSSR count). The third-order valence-corrected chi connectivity index (χ3v) is 5.95. The zero-order valence-electron chi connectivity index (χ0n) is 18.2. The molecule has 6 heteroatoms. The smallest absolute Gasteiger partial charge is 0.124 e. The quantitative estimate of drug-likeness (QED) is 0.488. The van der Waals surface area contributed by atoms with Crippen molar-refractivity contribution in [1.29, 1.82) is 5.41 Å². The van der Waals surface area contributed by atoms with Gasteiger partial charge in [-0.3, -0.25) is 10.3 Å². The molecule has 6 nitrogen and oxygen atoms in total. The van der Waals surface area contributed by atoms with Crippen LogP contribution in [0.25, 0.3) is 11.0 Å². The van der Waals surface area contributed by atoms with Crippen molar-refractivity contribution in [3.8, 4) is 0 Å². The summed E-state index contributed by atoms with van der Waals surface area (Å²) in [5, 5.41) is 8.00. The van der Waals surface area contributed by atoms with Crippen LogP contribution >= 0.6 is 0 Å². The summed E-state index contributed by atoms with van der Waals surface area (Å²) in [6.07, 6.45) is 1.04. The van der Waals surface area contributed by atoms with Gasteiger partial charge >= 0.3 is 0 Å². The highest BCUT2D eigenvalue weighted by Crippen LogP contribution is 2.25. The zero-order valence-corrected chi connectivity index (χ0v) is 18.2. The van der Waals surface area contributed by atoms with Crippen LogP contribution in [0.4, 0.5) is 5.69 Å². The molecule has 0 atom stereocenters. The molecular weight excluding hydrogens is 372 g/mol. The molecule has 0 unspecified atom stereocenters. The number of fused-ring (bicyclic) bond motifs is 1. The lowest BCUT2D eigenvalue weighted by atomic mass is 9.99. The van der Waals surface area contributed by atoms with Crippen LogP contribution in [0.1, 0.15) is 30.8 Å². The van der Waals surface area contributed by atoms with Crippen LogP contribution in [0.15, 0.2) is 42.5 Å². The number of piperazine rings is 1. The molecule has 158 valence electrons. The van der Waals surface area contributed by atoms with E-state index in [-0.39, 0.29) is 5.84 Å². The van der Waals surface area contributed by atoms with Crippen molar-refractivity contribution in [3.05, 3.63) is 59.4 Å². The molecule has 1 aromatic heterocycles. The Bertz CT molecular complexity index is 1040. The van der Waals surface area contributed by atoms with Crippen LogP contribution in [0, 0.1) is 11.3 Å². The predicted octanol–water partition coefficient (Wildman–Crippen LogP) is 3.38. The van der Waals surface area contributed by atoms with E-state index in [0.717, 1.165) is 61.7 Å². The van der Waals surface area contributed by atoms with Crippen molar-refractivity contribution in [2.45, 2.75) is 26.8 Å². The van der Waals surface area contributed by atoms with Crippen LogP contribution < -0.4 is 10.6 Å². The summed E-state index contributed by atoms with van der Waals surface area (Å²) in [5.74, 6) is 1.85. The predicted molar refractivity (Wildman–Crippen MR) is 124 cm³/mol. The molecule has 1 fully saturated rings. The fraction of sp³-hybridized carbons (Fsp3) is 0.417. The Labute approximate surface area is 178 Å². The summed E-state index contributed by atoms with van der Waals surface area (Å²) in [6.45, 7) is 9.11. The molecule has 0 radical (unpaired) electrons. The molecule has 2 heterocycles. The number of nitrogen functional groups attached to an aromatic ring is 1. The second-order valence-corrected chi connectivity index (χ2v) is 8.70. The first-order chi connectivity index (χ1) is 14.4. The van der Waals surface area contributed by atoms with Crippen molar-refractivity contribution in [3.63, 3.8) is 0 Å². The molecule has 1 saturated heterocycles. The Morgan fingerprint density at radius 3 is 2.50 bits per heavy atom. The minimum atomic E-state index is 0.142. The molecule has 0 aliphatic carbocycles. The minimum Gasteiger partial charge on any atom is -0.384 e. The largest absolute Gasteiger partial charge is 0.384 e. The fourth-order valence-corrected chi connectivity index (χ4v) is 4.35. The van der Waals surface area contributed by atoms with Gasteiger partial charge < -0.3 is 15.2 Å². The average molecular weight is 405 g/mol. The lowest BCUT2D eigenvalue weighted by Crippen LogP contribution is -2.46. The topological polar surface area (TPSA) is 74.2 Å². The lowest BCUT2D eigenvalue weighted by Gasteiger charge is -2.37. The highest BCUT2D eigenvalue weighted by molar-refractivity contribution is 6.00. The normalized spacial score (nSPS) is 15.3. The number of amidine groups is 1. The van der Waals surface area contributed by atoms with Gasteiger partial charge in [-0.2, -0.15) is 0 Å². The maximum atomic E-state index is 8.00. The number of rotatable bonds is 6. The number of hydrogen-bond donors (Lipinski definition) is 2. The average Bonchev–Trinajstić information content (AvgIpc) is 3.03. The van der Waals surface area contributed by atoms with Crippen molar-refractivity contribution < 1.29 is 0 Å². The first-order valence-corrected chi connectivity index (χ1v) is 10.8. The van der Waals surface area contributed by atoms with Crippen molar-refractivity contribution in [2.24, 2.45) is 18.7 Å². The molecule has 0 spiro atoms. The van der Waals surface area contributed by atoms with E-state index < -0.39 is 0 Å². The van der Waals surface area contributed by atoms with E-state index >= 15 is 0 Å². The summed E-state index contributed by atoms with van der Waals surface area (Å²) in [6, 6.07) is 14.7. The van der Waals surface area contributed by atoms with Gasteiger partial charge in [0.25, 0.3) is 0 Å². The Hall–Kier alpha value is -2.86. The van der Waals surface area contributed by atoms with E-state index in [0.29, 0.717) is 5.92 Å². The minimum absolute atomic E-state index is 0.142. The number of nitrogens with one attached hydrogen (secondary N) is 1. The van der Waals surface area contributed by atoms with Crippen molar-refractivity contribution in [2.75, 3.05) is 31.1 Å². The van der Waals surface area contributed by atoms with Crippen LogP contribution in [-0.2, 0) is 20.0 Å². The first-order valence-electron chi connectivity index (χ1n) is 10.8. The van der Waals surface area contributed by atoms with Gasteiger partial charge in [-0.25, -0.2) is 4.98 Å². The third-order valence-electron chi connectivity index (χ3n) is 5.95. The van der Waals surface area contributed by atoms with E-state index in [2.05, 4.69) is 65.6 Å². The summed E-state index contributed by atoms with van der Waals surface area (Å²) in [7, 11) is 2.10. The third kappa shape index (κ3) is 4.19. The number of aryl methyl sites for hydroxylation is 1. The molecule has 3 N–H and O–H groups in total. The van der Waals surface area contributed by atoms with E-state index in [9.17, 15) is 0 Å². The highest BCUT2D eigenvalue weighted by Gasteiger charge is 2.22. The van der Waals surface area contributed by atoms with Crippen LogP contribution in [0.2, 0.25) is 0 Å². The van der Waals surface area contributed by atoms with Gasteiger partial charge in [0.15, 0.2) is 0 Å². The summed E-state index contributed by atoms with van der Waals surface area (Å²) < 4.78 is 2.20. The van der Waals surface area contributed by atoms with Crippen LogP contribution in [0.3, 0.4) is 0 Å². The molecule has 0 amide bonds. The second-order valence-electron chi connectivity index (χ2n) is 8.70. The number of aromatic nitrogens is 2. The number of benzene rings is 2. The Kier molecular flexibility index (Phi) is 5.77. The molecule has 1 aliphatic heterocycles. The molecule has 30 heavy (non-hydrogen) atoms. The van der Waals surface area contributed by atoms with Gasteiger partial charge in [-0.1, -0.05) is 32.0 Å². The molecule has 0 saturated carbocycles. The second kappa shape index (κ2) is 8.48. The standard InChI is InChI=1S/C24H32N6/c1-17(2)14-18-8-9-19(24(25)26)22(15-18)30-12-10-29(11-13-30)16-23-27-20-6-4-5-7-21(20)28(23)3/h4-9,15,17H,10-14,16H2,1-3H3,(H3,25,26). The summed E-state index contributed by atoms with van der Waals surface area (Å²) in [5.41, 5.74) is 11.4. The van der Waals surface area contributed by atoms with Crippen LogP contribution in [0.5, 0.6) is 0 Å². The van der Waals surface area contributed by atoms with E-state index in [1.165, 1.54) is 11.1 Å². The first kappa shape index (κ1) is 20.4. The van der Waals surface area contributed by atoms with Gasteiger partial charge in [0.1, 0.15) is 11.7 Å². The van der Waals surface area contributed by atoms with Gasteiger partial charge in [0, 0.05) is 44.5 Å². The van der Waals surface area contributed by atoms with E-state index in [1.807, 2.05) is 12.1 Å². The molecule has 3 aromatic rings. The number of anilines is 1. The number of para-hydroxylation sites is 2.